The molecule has 2 bridgehead atoms. The Bertz CT molecular complexity index is 730. The average molecular weight is 345 g/mol. The standard InChI is InChI=1S/C18H19NO6/c1-23-12-5-3-2-4-11(12)19-14(20)8-24-17(21)15-9-6-10-13(7-9)25-18(22)16(10)15/h2-5,9-10,13,15-16H,6-8H2,1H3,(H,19,20)/t9-,10-,13+,15+,16-/m0/s1. The lowest BCUT2D eigenvalue weighted by Crippen LogP contribution is -2.35. The van der Waals surface area contributed by atoms with Crippen molar-refractivity contribution in [2.24, 2.45) is 23.7 Å². The minimum absolute atomic E-state index is 0.0274. The van der Waals surface area contributed by atoms with E-state index in [0.29, 0.717) is 11.4 Å². The zero-order chi connectivity index (χ0) is 17.6. The largest absolute Gasteiger partial charge is 0.495 e. The third-order valence-corrected chi connectivity index (χ3v) is 5.48. The molecule has 0 unspecified atom stereocenters. The zero-order valence-corrected chi connectivity index (χ0v) is 13.8. The van der Waals surface area contributed by atoms with Crippen LogP contribution in [0.15, 0.2) is 24.3 Å². The second-order valence-corrected chi connectivity index (χ2v) is 6.78. The first-order chi connectivity index (χ1) is 12.1. The quantitative estimate of drug-likeness (QED) is 0.811. The van der Waals surface area contributed by atoms with E-state index in [1.165, 1.54) is 7.11 Å². The number of ether oxygens (including phenoxy) is 3. The van der Waals surface area contributed by atoms with Gasteiger partial charge >= 0.3 is 11.9 Å². The molecule has 3 fully saturated rings. The van der Waals surface area contributed by atoms with E-state index < -0.39 is 30.3 Å². The molecule has 0 spiro atoms. The number of hydrogen-bond acceptors (Lipinski definition) is 6. The summed E-state index contributed by atoms with van der Waals surface area (Å²) in [5, 5.41) is 2.65. The van der Waals surface area contributed by atoms with Crippen LogP contribution in [0.4, 0.5) is 5.69 Å². The molecule has 1 aromatic carbocycles. The molecule has 1 aromatic rings. The van der Waals surface area contributed by atoms with Gasteiger partial charge in [0.1, 0.15) is 11.9 Å². The van der Waals surface area contributed by atoms with E-state index in [1.54, 1.807) is 24.3 Å². The van der Waals surface area contributed by atoms with Crippen molar-refractivity contribution >= 4 is 23.5 Å². The Kier molecular flexibility index (Phi) is 3.86. The van der Waals surface area contributed by atoms with Crippen LogP contribution in [0.5, 0.6) is 5.75 Å². The summed E-state index contributed by atoms with van der Waals surface area (Å²) in [4.78, 5) is 36.4. The number of carbonyl (C=O) groups is 3. The van der Waals surface area contributed by atoms with Gasteiger partial charge < -0.3 is 19.5 Å². The van der Waals surface area contributed by atoms with Gasteiger partial charge in [-0.15, -0.1) is 0 Å². The normalized spacial score (nSPS) is 31.6. The Morgan fingerprint density at radius 3 is 2.88 bits per heavy atom. The van der Waals surface area contributed by atoms with Crippen molar-refractivity contribution in [3.63, 3.8) is 0 Å². The summed E-state index contributed by atoms with van der Waals surface area (Å²) in [7, 11) is 1.51. The fraction of sp³-hybridized carbons (Fsp3) is 0.500. The summed E-state index contributed by atoms with van der Waals surface area (Å²) >= 11 is 0. The minimum Gasteiger partial charge on any atom is -0.495 e. The molecular formula is C18H19NO6. The highest BCUT2D eigenvalue weighted by molar-refractivity contribution is 5.94. The number of fused-ring (bicyclic) bond motifs is 1. The molecular weight excluding hydrogens is 326 g/mol. The number of benzene rings is 1. The van der Waals surface area contributed by atoms with Crippen molar-refractivity contribution in [3.05, 3.63) is 24.3 Å². The van der Waals surface area contributed by atoms with Crippen LogP contribution in [0.25, 0.3) is 0 Å². The van der Waals surface area contributed by atoms with Crippen LogP contribution < -0.4 is 10.1 Å². The second kappa shape index (κ2) is 6.06. The molecule has 1 heterocycles. The van der Waals surface area contributed by atoms with Crippen LogP contribution in [0.3, 0.4) is 0 Å². The number of amides is 1. The molecule has 2 saturated carbocycles. The molecule has 4 rings (SSSR count). The molecule has 7 nitrogen and oxygen atoms in total. The smallest absolute Gasteiger partial charge is 0.310 e. The lowest BCUT2D eigenvalue weighted by molar-refractivity contribution is -0.157. The van der Waals surface area contributed by atoms with Crippen LogP contribution in [-0.4, -0.2) is 37.7 Å². The van der Waals surface area contributed by atoms with Gasteiger partial charge in [0.15, 0.2) is 6.61 Å². The molecule has 1 N–H and O–H groups in total. The fourth-order valence-corrected chi connectivity index (χ4v) is 4.49. The molecule has 132 valence electrons. The monoisotopic (exact) mass is 345 g/mol. The number of anilines is 1. The number of carbonyl (C=O) groups excluding carboxylic acids is 3. The molecule has 1 saturated heterocycles. The van der Waals surface area contributed by atoms with Crippen molar-refractivity contribution in [2.75, 3.05) is 19.0 Å². The second-order valence-electron chi connectivity index (χ2n) is 6.78. The van der Waals surface area contributed by atoms with Crippen molar-refractivity contribution in [1.29, 1.82) is 0 Å². The minimum atomic E-state index is -0.482. The molecule has 3 aliphatic rings. The van der Waals surface area contributed by atoms with Gasteiger partial charge in [0.05, 0.1) is 24.6 Å². The summed E-state index contributed by atoms with van der Waals surface area (Å²) in [5.41, 5.74) is 0.508. The number of nitrogens with one attached hydrogen (secondary N) is 1. The van der Waals surface area contributed by atoms with Gasteiger partial charge in [0.25, 0.3) is 5.91 Å². The van der Waals surface area contributed by atoms with Crippen molar-refractivity contribution in [3.8, 4) is 5.75 Å². The predicted octanol–water partition coefficient (Wildman–Crippen LogP) is 1.37. The zero-order valence-electron chi connectivity index (χ0n) is 13.8. The fourth-order valence-electron chi connectivity index (χ4n) is 4.49. The molecule has 1 amide bonds. The third-order valence-electron chi connectivity index (χ3n) is 5.48. The van der Waals surface area contributed by atoms with Gasteiger partial charge in [-0.25, -0.2) is 0 Å². The number of rotatable bonds is 5. The van der Waals surface area contributed by atoms with Crippen molar-refractivity contribution in [2.45, 2.75) is 18.9 Å². The van der Waals surface area contributed by atoms with E-state index in [-0.39, 0.29) is 23.9 Å². The molecule has 0 radical (unpaired) electrons. The average Bonchev–Trinajstić information content (AvgIpc) is 3.22. The third kappa shape index (κ3) is 2.63. The number of hydrogen-bond donors (Lipinski definition) is 1. The van der Waals surface area contributed by atoms with Gasteiger partial charge in [-0.1, -0.05) is 12.1 Å². The van der Waals surface area contributed by atoms with Crippen LogP contribution in [0.2, 0.25) is 0 Å². The van der Waals surface area contributed by atoms with Crippen LogP contribution in [-0.2, 0) is 23.9 Å². The van der Waals surface area contributed by atoms with Crippen molar-refractivity contribution in [1.82, 2.24) is 0 Å². The van der Waals surface area contributed by atoms with E-state index >= 15 is 0 Å². The molecule has 7 heteroatoms. The highest BCUT2D eigenvalue weighted by Gasteiger charge is 2.64. The van der Waals surface area contributed by atoms with Gasteiger partial charge in [0, 0.05) is 5.92 Å². The van der Waals surface area contributed by atoms with Crippen LogP contribution >= 0.6 is 0 Å². The van der Waals surface area contributed by atoms with E-state index in [9.17, 15) is 14.4 Å². The predicted molar refractivity (Wildman–Crippen MR) is 85.7 cm³/mol. The Labute approximate surface area is 144 Å². The van der Waals surface area contributed by atoms with E-state index in [0.717, 1.165) is 12.8 Å². The van der Waals surface area contributed by atoms with Gasteiger partial charge in [-0.3, -0.25) is 14.4 Å². The highest BCUT2D eigenvalue weighted by Crippen LogP contribution is 2.57. The molecule has 2 aliphatic carbocycles. The Morgan fingerprint density at radius 2 is 2.08 bits per heavy atom. The summed E-state index contributed by atoms with van der Waals surface area (Å²) in [6.07, 6.45) is 1.52. The Morgan fingerprint density at radius 1 is 1.28 bits per heavy atom. The van der Waals surface area contributed by atoms with Crippen LogP contribution in [0.1, 0.15) is 12.8 Å². The SMILES string of the molecule is COc1ccccc1NC(=O)COC(=O)[C@@H]1[C@H]2C[C@@H]3[C@@H]1C(=O)O[C@@H]3C2. The molecule has 25 heavy (non-hydrogen) atoms. The molecule has 0 aromatic heterocycles. The maximum atomic E-state index is 12.4. The summed E-state index contributed by atoms with van der Waals surface area (Å²) < 4.78 is 15.7. The summed E-state index contributed by atoms with van der Waals surface area (Å²) in [6, 6.07) is 6.97. The number of methoxy groups -OCH3 is 1. The van der Waals surface area contributed by atoms with Gasteiger partial charge in [0.2, 0.25) is 0 Å². The first kappa shape index (κ1) is 15.9. The van der Waals surface area contributed by atoms with Gasteiger partial charge in [-0.2, -0.15) is 0 Å². The molecule has 1 aliphatic heterocycles. The Balaban J connectivity index is 1.35. The van der Waals surface area contributed by atoms with E-state index in [4.69, 9.17) is 14.2 Å². The van der Waals surface area contributed by atoms with Crippen molar-refractivity contribution < 1.29 is 28.6 Å². The summed E-state index contributed by atoms with van der Waals surface area (Å²) in [5.74, 6) is -1.32. The lowest BCUT2D eigenvalue weighted by Gasteiger charge is -2.22. The first-order valence-electron chi connectivity index (χ1n) is 8.38. The van der Waals surface area contributed by atoms with E-state index in [2.05, 4.69) is 5.32 Å². The van der Waals surface area contributed by atoms with Crippen LogP contribution in [0, 0.1) is 23.7 Å². The number of para-hydroxylation sites is 2. The molecule has 5 atom stereocenters. The lowest BCUT2D eigenvalue weighted by atomic mass is 9.80. The topological polar surface area (TPSA) is 90.9 Å². The maximum absolute atomic E-state index is 12.4. The van der Waals surface area contributed by atoms with Gasteiger partial charge in [-0.05, 0) is 30.9 Å². The first-order valence-corrected chi connectivity index (χ1v) is 8.38. The highest BCUT2D eigenvalue weighted by atomic mass is 16.6. The maximum Gasteiger partial charge on any atom is 0.310 e. The summed E-state index contributed by atoms with van der Waals surface area (Å²) in [6.45, 7) is -0.393. The van der Waals surface area contributed by atoms with E-state index in [1.807, 2.05) is 0 Å². The Hall–Kier alpha value is -2.57. The number of esters is 2.